The molecule has 1 aromatic rings. The lowest BCUT2D eigenvalue weighted by atomic mass is 10.0. The van der Waals surface area contributed by atoms with Gasteiger partial charge in [0.15, 0.2) is 0 Å². The van der Waals surface area contributed by atoms with Crippen molar-refractivity contribution in [1.29, 1.82) is 0 Å². The van der Waals surface area contributed by atoms with E-state index in [9.17, 15) is 4.79 Å². The van der Waals surface area contributed by atoms with Crippen molar-refractivity contribution in [2.45, 2.75) is 38.1 Å². The summed E-state index contributed by atoms with van der Waals surface area (Å²) in [5, 5.41) is 6.16. The third kappa shape index (κ3) is 5.66. The molecule has 0 aromatic heterocycles. The van der Waals surface area contributed by atoms with Crippen LogP contribution in [0.1, 0.15) is 27.2 Å². The predicted molar refractivity (Wildman–Crippen MR) is 83.8 cm³/mol. The summed E-state index contributed by atoms with van der Waals surface area (Å²) in [7, 11) is 2.03. The van der Waals surface area contributed by atoms with Gasteiger partial charge in [-0.3, -0.25) is 4.79 Å². The van der Waals surface area contributed by atoms with E-state index in [-0.39, 0.29) is 5.91 Å². The molecule has 106 valence electrons. The third-order valence-corrected chi connectivity index (χ3v) is 4.44. The zero-order valence-electron chi connectivity index (χ0n) is 12.2. The van der Waals surface area contributed by atoms with Gasteiger partial charge in [-0.1, -0.05) is 20.3 Å². The summed E-state index contributed by atoms with van der Waals surface area (Å²) in [4.78, 5) is 12.2. The van der Waals surface area contributed by atoms with Crippen LogP contribution in [-0.4, -0.2) is 24.7 Å². The first-order valence-corrected chi connectivity index (χ1v) is 7.73. The summed E-state index contributed by atoms with van der Waals surface area (Å²) >= 11 is 1.85. The van der Waals surface area contributed by atoms with Crippen LogP contribution in [0.15, 0.2) is 29.2 Å². The van der Waals surface area contributed by atoms with Crippen LogP contribution in [0, 0.1) is 5.92 Å². The highest BCUT2D eigenvalue weighted by atomic mass is 32.2. The van der Waals surface area contributed by atoms with Crippen LogP contribution >= 0.6 is 11.8 Å². The average molecular weight is 280 g/mol. The third-order valence-electron chi connectivity index (χ3n) is 3.31. The first kappa shape index (κ1) is 16.1. The van der Waals surface area contributed by atoms with Crippen molar-refractivity contribution in [2.75, 3.05) is 18.1 Å². The maximum atomic E-state index is 10.9. The van der Waals surface area contributed by atoms with Gasteiger partial charge in [0.1, 0.15) is 0 Å². The van der Waals surface area contributed by atoms with Crippen LogP contribution in [0.2, 0.25) is 0 Å². The lowest BCUT2D eigenvalue weighted by Crippen LogP contribution is -2.34. The van der Waals surface area contributed by atoms with Gasteiger partial charge in [-0.2, -0.15) is 0 Å². The van der Waals surface area contributed by atoms with E-state index in [0.29, 0.717) is 12.0 Å². The number of amides is 1. The molecule has 0 saturated heterocycles. The molecular weight excluding hydrogens is 256 g/mol. The van der Waals surface area contributed by atoms with E-state index in [1.54, 1.807) is 0 Å². The van der Waals surface area contributed by atoms with Gasteiger partial charge in [-0.25, -0.2) is 0 Å². The van der Waals surface area contributed by atoms with Crippen molar-refractivity contribution >= 4 is 23.4 Å². The van der Waals surface area contributed by atoms with Crippen LogP contribution in [-0.2, 0) is 4.79 Å². The topological polar surface area (TPSA) is 41.1 Å². The van der Waals surface area contributed by atoms with Crippen LogP contribution in [0.3, 0.4) is 0 Å². The number of carbonyl (C=O) groups is 1. The number of anilines is 1. The molecule has 0 aliphatic heterocycles. The standard InChI is InChI=1S/C15H24N2OS/c1-5-11(2)15(16-4)10-19-14-8-6-13(7-9-14)17-12(3)18/h6-9,11,15-16H,5,10H2,1-4H3,(H,17,18). The minimum atomic E-state index is -0.0348. The predicted octanol–water partition coefficient (Wildman–Crippen LogP) is 3.37. The SMILES string of the molecule is CCC(C)C(CSc1ccc(NC(C)=O)cc1)NC. The highest BCUT2D eigenvalue weighted by Gasteiger charge is 2.13. The summed E-state index contributed by atoms with van der Waals surface area (Å²) < 4.78 is 0. The number of rotatable bonds is 7. The molecule has 0 radical (unpaired) electrons. The van der Waals surface area contributed by atoms with E-state index in [2.05, 4.69) is 36.6 Å². The lowest BCUT2D eigenvalue weighted by Gasteiger charge is -2.22. The number of hydrogen-bond acceptors (Lipinski definition) is 3. The lowest BCUT2D eigenvalue weighted by molar-refractivity contribution is -0.114. The molecule has 4 heteroatoms. The van der Waals surface area contributed by atoms with E-state index in [4.69, 9.17) is 0 Å². The molecule has 2 unspecified atom stereocenters. The molecule has 0 heterocycles. The Hall–Kier alpha value is -1.00. The van der Waals surface area contributed by atoms with Crippen molar-refractivity contribution < 1.29 is 4.79 Å². The van der Waals surface area contributed by atoms with Crippen molar-refractivity contribution in [2.24, 2.45) is 5.92 Å². The minimum absolute atomic E-state index is 0.0348. The van der Waals surface area contributed by atoms with Gasteiger partial charge >= 0.3 is 0 Å². The van der Waals surface area contributed by atoms with Crippen LogP contribution in [0.25, 0.3) is 0 Å². The smallest absolute Gasteiger partial charge is 0.221 e. The Morgan fingerprint density at radius 3 is 2.42 bits per heavy atom. The number of carbonyl (C=O) groups excluding carboxylic acids is 1. The van der Waals surface area contributed by atoms with Crippen LogP contribution in [0.5, 0.6) is 0 Å². The Labute approximate surface area is 120 Å². The van der Waals surface area contributed by atoms with Gasteiger partial charge in [0, 0.05) is 29.3 Å². The largest absolute Gasteiger partial charge is 0.326 e. The second-order valence-electron chi connectivity index (χ2n) is 4.80. The highest BCUT2D eigenvalue weighted by Crippen LogP contribution is 2.23. The summed E-state index contributed by atoms with van der Waals surface area (Å²) in [6.07, 6.45) is 1.19. The minimum Gasteiger partial charge on any atom is -0.326 e. The van der Waals surface area contributed by atoms with E-state index in [1.165, 1.54) is 18.2 Å². The van der Waals surface area contributed by atoms with Gasteiger partial charge in [0.25, 0.3) is 0 Å². The fraction of sp³-hybridized carbons (Fsp3) is 0.533. The first-order valence-electron chi connectivity index (χ1n) is 6.74. The molecule has 0 fully saturated rings. The number of thioether (sulfide) groups is 1. The Bertz CT molecular complexity index is 392. The molecule has 19 heavy (non-hydrogen) atoms. The second-order valence-corrected chi connectivity index (χ2v) is 5.89. The summed E-state index contributed by atoms with van der Waals surface area (Å²) in [5.74, 6) is 1.70. The number of hydrogen-bond donors (Lipinski definition) is 2. The first-order chi connectivity index (χ1) is 9.06. The average Bonchev–Trinajstić information content (AvgIpc) is 2.40. The van der Waals surface area contributed by atoms with Gasteiger partial charge in [0.2, 0.25) is 5.91 Å². The molecule has 0 aliphatic carbocycles. The monoisotopic (exact) mass is 280 g/mol. The molecule has 0 bridgehead atoms. The van der Waals surface area contributed by atoms with Crippen LogP contribution < -0.4 is 10.6 Å². The number of benzene rings is 1. The van der Waals surface area contributed by atoms with E-state index >= 15 is 0 Å². The molecule has 3 nitrogen and oxygen atoms in total. The Morgan fingerprint density at radius 2 is 1.95 bits per heavy atom. The van der Waals surface area contributed by atoms with Gasteiger partial charge in [0.05, 0.1) is 0 Å². The molecule has 2 atom stereocenters. The number of nitrogens with one attached hydrogen (secondary N) is 2. The Balaban J connectivity index is 2.51. The van der Waals surface area contributed by atoms with Crippen molar-refractivity contribution in [3.05, 3.63) is 24.3 Å². The highest BCUT2D eigenvalue weighted by molar-refractivity contribution is 7.99. The summed E-state index contributed by atoms with van der Waals surface area (Å²) in [6, 6.07) is 8.53. The maximum Gasteiger partial charge on any atom is 0.221 e. The molecule has 0 spiro atoms. The molecule has 0 aliphatic rings. The van der Waals surface area contributed by atoms with Gasteiger partial charge in [-0.05, 0) is 37.2 Å². The molecular formula is C15H24N2OS. The molecule has 1 amide bonds. The molecule has 0 saturated carbocycles. The van der Waals surface area contributed by atoms with E-state index in [0.717, 1.165) is 11.4 Å². The zero-order valence-corrected chi connectivity index (χ0v) is 13.0. The van der Waals surface area contributed by atoms with Crippen molar-refractivity contribution in [3.8, 4) is 0 Å². The normalized spacial score (nSPS) is 13.9. The van der Waals surface area contributed by atoms with E-state index in [1.807, 2.05) is 30.9 Å². The van der Waals surface area contributed by atoms with E-state index < -0.39 is 0 Å². The molecule has 2 N–H and O–H groups in total. The quantitative estimate of drug-likeness (QED) is 0.752. The summed E-state index contributed by atoms with van der Waals surface area (Å²) in [5.41, 5.74) is 0.851. The summed E-state index contributed by atoms with van der Waals surface area (Å²) in [6.45, 7) is 6.02. The van der Waals surface area contributed by atoms with Gasteiger partial charge < -0.3 is 10.6 Å². The fourth-order valence-electron chi connectivity index (χ4n) is 1.84. The second kappa shape index (κ2) is 8.23. The van der Waals surface area contributed by atoms with Crippen molar-refractivity contribution in [3.63, 3.8) is 0 Å². The zero-order chi connectivity index (χ0) is 14.3. The maximum absolute atomic E-state index is 10.9. The Morgan fingerprint density at radius 1 is 1.32 bits per heavy atom. The molecule has 1 rings (SSSR count). The fourth-order valence-corrected chi connectivity index (χ4v) is 3.04. The van der Waals surface area contributed by atoms with Gasteiger partial charge in [-0.15, -0.1) is 11.8 Å². The molecule has 1 aromatic carbocycles. The Kier molecular flexibility index (Phi) is 6.95. The van der Waals surface area contributed by atoms with Crippen molar-refractivity contribution in [1.82, 2.24) is 5.32 Å². The van der Waals surface area contributed by atoms with Crippen LogP contribution in [0.4, 0.5) is 5.69 Å².